The van der Waals surface area contributed by atoms with Gasteiger partial charge in [-0.1, -0.05) is 30.3 Å². The van der Waals surface area contributed by atoms with Crippen LogP contribution >= 0.6 is 12.2 Å². The van der Waals surface area contributed by atoms with E-state index < -0.39 is 0 Å². The van der Waals surface area contributed by atoms with E-state index in [1.54, 1.807) is 13.2 Å². The molecule has 0 bridgehead atoms. The molecule has 5 nitrogen and oxygen atoms in total. The molecular formula is C20H22N2O3S. The number of carbonyl (C=O) groups excluding carboxylic acids is 1. The van der Waals surface area contributed by atoms with Crippen LogP contribution in [-0.4, -0.2) is 24.2 Å². The molecule has 0 spiro atoms. The number of para-hydroxylation sites is 3. The summed E-state index contributed by atoms with van der Waals surface area (Å²) < 4.78 is 11.0. The molecule has 0 aliphatic rings. The van der Waals surface area contributed by atoms with Gasteiger partial charge in [0, 0.05) is 11.6 Å². The molecule has 0 heterocycles. The SMILES string of the molecule is COc1ccccc1/C=C/C(=O)NC(=S)Nc1ccccc1OC(C)C. The number of amides is 1. The normalized spacial score (nSPS) is 10.6. The van der Waals surface area contributed by atoms with E-state index in [0.717, 1.165) is 5.56 Å². The molecule has 0 saturated heterocycles. The second-order valence-electron chi connectivity index (χ2n) is 5.68. The Balaban J connectivity index is 1.98. The van der Waals surface area contributed by atoms with Gasteiger partial charge in [-0.3, -0.25) is 10.1 Å². The fraction of sp³-hybridized carbons (Fsp3) is 0.200. The maximum atomic E-state index is 12.1. The van der Waals surface area contributed by atoms with Crippen molar-refractivity contribution in [3.63, 3.8) is 0 Å². The number of anilines is 1. The summed E-state index contributed by atoms with van der Waals surface area (Å²) in [7, 11) is 1.59. The molecule has 6 heteroatoms. The van der Waals surface area contributed by atoms with Gasteiger partial charge in [0.2, 0.25) is 5.91 Å². The number of benzene rings is 2. The molecule has 0 saturated carbocycles. The van der Waals surface area contributed by atoms with Crippen LogP contribution in [0.1, 0.15) is 19.4 Å². The van der Waals surface area contributed by atoms with Crippen molar-refractivity contribution in [2.45, 2.75) is 20.0 Å². The van der Waals surface area contributed by atoms with Gasteiger partial charge in [-0.2, -0.15) is 0 Å². The summed E-state index contributed by atoms with van der Waals surface area (Å²) in [5.41, 5.74) is 1.50. The first-order chi connectivity index (χ1) is 12.5. The maximum absolute atomic E-state index is 12.1. The third-order valence-electron chi connectivity index (χ3n) is 3.29. The minimum atomic E-state index is -0.337. The Morgan fingerprint density at radius 3 is 2.42 bits per heavy atom. The third-order valence-corrected chi connectivity index (χ3v) is 3.49. The fourth-order valence-electron chi connectivity index (χ4n) is 2.20. The molecule has 0 radical (unpaired) electrons. The van der Waals surface area contributed by atoms with Crippen LogP contribution in [0.4, 0.5) is 5.69 Å². The van der Waals surface area contributed by atoms with Gasteiger partial charge >= 0.3 is 0 Å². The van der Waals surface area contributed by atoms with Crippen LogP contribution < -0.4 is 20.1 Å². The summed E-state index contributed by atoms with van der Waals surface area (Å²) in [5, 5.41) is 5.79. The van der Waals surface area contributed by atoms with Crippen LogP contribution in [0.15, 0.2) is 54.6 Å². The third kappa shape index (κ3) is 5.89. The summed E-state index contributed by atoms with van der Waals surface area (Å²) in [6.45, 7) is 3.89. The molecule has 0 unspecified atom stereocenters. The minimum absolute atomic E-state index is 0.0323. The van der Waals surface area contributed by atoms with Gasteiger partial charge in [0.05, 0.1) is 18.9 Å². The average Bonchev–Trinajstić information content (AvgIpc) is 2.61. The van der Waals surface area contributed by atoms with Gasteiger partial charge in [0.15, 0.2) is 5.11 Å². The highest BCUT2D eigenvalue weighted by Crippen LogP contribution is 2.24. The first kappa shape index (κ1) is 19.5. The summed E-state index contributed by atoms with van der Waals surface area (Å²) >= 11 is 5.21. The second-order valence-corrected chi connectivity index (χ2v) is 6.09. The van der Waals surface area contributed by atoms with Gasteiger partial charge in [-0.25, -0.2) is 0 Å². The van der Waals surface area contributed by atoms with E-state index in [1.165, 1.54) is 6.08 Å². The lowest BCUT2D eigenvalue weighted by Crippen LogP contribution is -2.33. The largest absolute Gasteiger partial charge is 0.496 e. The zero-order chi connectivity index (χ0) is 18.9. The van der Waals surface area contributed by atoms with E-state index in [9.17, 15) is 4.79 Å². The number of carbonyl (C=O) groups is 1. The Bertz CT molecular complexity index is 803. The van der Waals surface area contributed by atoms with E-state index in [1.807, 2.05) is 62.4 Å². The van der Waals surface area contributed by atoms with Crippen molar-refractivity contribution >= 4 is 35.0 Å². The molecule has 0 atom stereocenters. The molecular weight excluding hydrogens is 348 g/mol. The number of ether oxygens (including phenoxy) is 2. The zero-order valence-corrected chi connectivity index (χ0v) is 15.8. The van der Waals surface area contributed by atoms with Crippen LogP contribution in [0, 0.1) is 0 Å². The highest BCUT2D eigenvalue weighted by Gasteiger charge is 2.08. The number of hydrogen-bond acceptors (Lipinski definition) is 4. The smallest absolute Gasteiger partial charge is 0.250 e. The van der Waals surface area contributed by atoms with Crippen LogP contribution in [0.2, 0.25) is 0 Å². The lowest BCUT2D eigenvalue weighted by atomic mass is 10.2. The molecule has 2 N–H and O–H groups in total. The predicted molar refractivity (Wildman–Crippen MR) is 109 cm³/mol. The highest BCUT2D eigenvalue weighted by molar-refractivity contribution is 7.80. The maximum Gasteiger partial charge on any atom is 0.250 e. The number of rotatable bonds is 6. The Labute approximate surface area is 159 Å². The van der Waals surface area contributed by atoms with Gasteiger partial charge in [-0.15, -0.1) is 0 Å². The van der Waals surface area contributed by atoms with Crippen LogP contribution in [0.5, 0.6) is 11.5 Å². The summed E-state index contributed by atoms with van der Waals surface area (Å²) in [5.74, 6) is 1.02. The van der Waals surface area contributed by atoms with Crippen molar-refractivity contribution in [3.05, 3.63) is 60.2 Å². The van der Waals surface area contributed by atoms with Crippen LogP contribution in [0.3, 0.4) is 0 Å². The number of hydrogen-bond donors (Lipinski definition) is 2. The molecule has 0 aliphatic carbocycles. The van der Waals surface area contributed by atoms with Crippen molar-refractivity contribution in [2.75, 3.05) is 12.4 Å². The Morgan fingerprint density at radius 1 is 1.08 bits per heavy atom. The molecule has 2 aromatic rings. The fourth-order valence-corrected chi connectivity index (χ4v) is 2.41. The van der Waals surface area contributed by atoms with Gasteiger partial charge in [0.25, 0.3) is 0 Å². The van der Waals surface area contributed by atoms with Gasteiger partial charge in [-0.05, 0) is 50.3 Å². The minimum Gasteiger partial charge on any atom is -0.496 e. The lowest BCUT2D eigenvalue weighted by Gasteiger charge is -2.15. The Hall–Kier alpha value is -2.86. The summed E-state index contributed by atoms with van der Waals surface area (Å²) in [6.07, 6.45) is 3.11. The highest BCUT2D eigenvalue weighted by atomic mass is 32.1. The average molecular weight is 370 g/mol. The molecule has 2 rings (SSSR count). The quantitative estimate of drug-likeness (QED) is 0.594. The van der Waals surface area contributed by atoms with E-state index in [4.69, 9.17) is 21.7 Å². The van der Waals surface area contributed by atoms with E-state index >= 15 is 0 Å². The van der Waals surface area contributed by atoms with Crippen molar-refractivity contribution in [1.82, 2.24) is 5.32 Å². The van der Waals surface area contributed by atoms with Crippen molar-refractivity contribution in [1.29, 1.82) is 0 Å². The Kier molecular flexibility index (Phi) is 7.17. The van der Waals surface area contributed by atoms with E-state index in [0.29, 0.717) is 17.2 Å². The van der Waals surface area contributed by atoms with Crippen molar-refractivity contribution in [3.8, 4) is 11.5 Å². The number of nitrogens with one attached hydrogen (secondary N) is 2. The number of methoxy groups -OCH3 is 1. The van der Waals surface area contributed by atoms with Crippen molar-refractivity contribution < 1.29 is 14.3 Å². The number of thiocarbonyl (C=S) groups is 1. The van der Waals surface area contributed by atoms with E-state index in [-0.39, 0.29) is 17.1 Å². The first-order valence-corrected chi connectivity index (χ1v) is 8.59. The molecule has 2 aromatic carbocycles. The standard InChI is InChI=1S/C20H22N2O3S/c1-14(2)25-18-11-7-5-9-16(18)21-20(26)22-19(23)13-12-15-8-4-6-10-17(15)24-3/h4-14H,1-3H3,(H2,21,22,23,26)/b13-12+. The zero-order valence-electron chi connectivity index (χ0n) is 15.0. The molecule has 26 heavy (non-hydrogen) atoms. The Morgan fingerprint density at radius 2 is 1.73 bits per heavy atom. The lowest BCUT2D eigenvalue weighted by molar-refractivity contribution is -0.115. The van der Waals surface area contributed by atoms with Crippen LogP contribution in [0.25, 0.3) is 6.08 Å². The van der Waals surface area contributed by atoms with Gasteiger partial charge < -0.3 is 14.8 Å². The molecule has 0 fully saturated rings. The predicted octanol–water partition coefficient (Wildman–Crippen LogP) is 4.01. The first-order valence-electron chi connectivity index (χ1n) is 8.18. The van der Waals surface area contributed by atoms with Gasteiger partial charge in [0.1, 0.15) is 11.5 Å². The molecule has 136 valence electrons. The van der Waals surface area contributed by atoms with E-state index in [2.05, 4.69) is 10.6 Å². The topological polar surface area (TPSA) is 59.6 Å². The monoisotopic (exact) mass is 370 g/mol. The summed E-state index contributed by atoms with van der Waals surface area (Å²) in [4.78, 5) is 12.1. The van der Waals surface area contributed by atoms with Crippen molar-refractivity contribution in [2.24, 2.45) is 0 Å². The van der Waals surface area contributed by atoms with Crippen LogP contribution in [-0.2, 0) is 4.79 Å². The summed E-state index contributed by atoms with van der Waals surface area (Å²) in [6, 6.07) is 14.8. The second kappa shape index (κ2) is 9.58. The molecule has 0 aromatic heterocycles. The molecule has 0 aliphatic heterocycles. The molecule has 1 amide bonds.